The first-order chi connectivity index (χ1) is 10.1. The van der Waals surface area contributed by atoms with E-state index in [1.54, 1.807) is 12.1 Å². The van der Waals surface area contributed by atoms with Gasteiger partial charge < -0.3 is 5.32 Å². The zero-order chi connectivity index (χ0) is 15.2. The summed E-state index contributed by atoms with van der Waals surface area (Å²) in [6.45, 7) is 5.03. The Bertz CT molecular complexity index is 601. The first-order valence-electron chi connectivity index (χ1n) is 7.21. The lowest BCUT2D eigenvalue weighted by atomic mass is 10.0. The van der Waals surface area contributed by atoms with Gasteiger partial charge in [0.05, 0.1) is 11.7 Å². The zero-order valence-corrected chi connectivity index (χ0v) is 14.0. The van der Waals surface area contributed by atoms with Gasteiger partial charge in [-0.15, -0.1) is 0 Å². The van der Waals surface area contributed by atoms with Crippen molar-refractivity contribution in [1.29, 1.82) is 0 Å². The molecule has 0 amide bonds. The fraction of sp³-hybridized carbons (Fsp3) is 0.353. The largest absolute Gasteiger partial charge is 0.308 e. The van der Waals surface area contributed by atoms with Crippen LogP contribution in [0.5, 0.6) is 0 Å². The van der Waals surface area contributed by atoms with Gasteiger partial charge in [-0.25, -0.2) is 4.39 Å². The summed E-state index contributed by atoms with van der Waals surface area (Å²) in [6.07, 6.45) is 1.75. The Morgan fingerprint density at radius 3 is 2.81 bits per heavy atom. The summed E-state index contributed by atoms with van der Waals surface area (Å²) in [7, 11) is 0. The second-order valence-corrected chi connectivity index (χ2v) is 6.00. The van der Waals surface area contributed by atoms with E-state index in [1.807, 2.05) is 25.1 Å². The third-order valence-electron chi connectivity index (χ3n) is 3.34. The lowest BCUT2D eigenvalue weighted by Gasteiger charge is -2.19. The van der Waals surface area contributed by atoms with Crippen molar-refractivity contribution >= 4 is 15.9 Å². The maximum atomic E-state index is 13.5. The van der Waals surface area contributed by atoms with Crippen molar-refractivity contribution in [2.75, 3.05) is 6.54 Å². The summed E-state index contributed by atoms with van der Waals surface area (Å²) in [5, 5.41) is 3.50. The van der Waals surface area contributed by atoms with Crippen molar-refractivity contribution < 1.29 is 4.39 Å². The third kappa shape index (κ3) is 4.61. The number of aromatic nitrogens is 1. The summed E-state index contributed by atoms with van der Waals surface area (Å²) in [5.41, 5.74) is 2.95. The highest BCUT2D eigenvalue weighted by Gasteiger charge is 2.15. The van der Waals surface area contributed by atoms with Crippen LogP contribution >= 0.6 is 15.9 Å². The third-order valence-corrected chi connectivity index (χ3v) is 4.11. The Morgan fingerprint density at radius 2 is 2.10 bits per heavy atom. The molecule has 0 aliphatic heterocycles. The fourth-order valence-corrected chi connectivity index (χ4v) is 2.69. The Labute approximate surface area is 133 Å². The predicted octanol–water partition coefficient (Wildman–Crippen LogP) is 4.58. The Hall–Kier alpha value is -1.26. The number of pyridine rings is 1. The normalized spacial score (nSPS) is 12.4. The van der Waals surface area contributed by atoms with E-state index in [9.17, 15) is 4.39 Å². The predicted molar refractivity (Wildman–Crippen MR) is 87.8 cm³/mol. The van der Waals surface area contributed by atoms with Gasteiger partial charge in [0, 0.05) is 10.2 Å². The highest BCUT2D eigenvalue weighted by molar-refractivity contribution is 9.10. The molecule has 2 nitrogen and oxygen atoms in total. The van der Waals surface area contributed by atoms with E-state index in [2.05, 4.69) is 33.2 Å². The van der Waals surface area contributed by atoms with Gasteiger partial charge in [-0.05, 0) is 62.2 Å². The first-order valence-corrected chi connectivity index (χ1v) is 8.00. The topological polar surface area (TPSA) is 24.9 Å². The second-order valence-electron chi connectivity index (χ2n) is 5.15. The van der Waals surface area contributed by atoms with Crippen molar-refractivity contribution in [3.8, 4) is 0 Å². The lowest BCUT2D eigenvalue weighted by Crippen LogP contribution is -2.25. The van der Waals surface area contributed by atoms with Crippen LogP contribution in [0.3, 0.4) is 0 Å². The molecule has 112 valence electrons. The molecule has 2 rings (SSSR count). The summed E-state index contributed by atoms with van der Waals surface area (Å²) in [4.78, 5) is 4.60. The summed E-state index contributed by atoms with van der Waals surface area (Å²) in [6, 6.07) is 10.9. The van der Waals surface area contributed by atoms with E-state index in [0.29, 0.717) is 6.42 Å². The van der Waals surface area contributed by atoms with Crippen molar-refractivity contribution in [3.05, 3.63) is 63.6 Å². The van der Waals surface area contributed by atoms with E-state index >= 15 is 0 Å². The molecule has 0 saturated heterocycles. The molecule has 0 spiro atoms. The maximum Gasteiger partial charge on any atom is 0.123 e. The van der Waals surface area contributed by atoms with Gasteiger partial charge in [0.15, 0.2) is 0 Å². The molecule has 1 heterocycles. The summed E-state index contributed by atoms with van der Waals surface area (Å²) in [5.74, 6) is -0.209. The minimum atomic E-state index is -0.209. The van der Waals surface area contributed by atoms with Crippen LogP contribution < -0.4 is 5.32 Å². The van der Waals surface area contributed by atoms with Crippen LogP contribution in [0.4, 0.5) is 4.39 Å². The molecule has 21 heavy (non-hydrogen) atoms. The molecule has 1 atom stereocenters. The molecule has 0 bridgehead atoms. The summed E-state index contributed by atoms with van der Waals surface area (Å²) < 4.78 is 14.4. The average Bonchev–Trinajstić information content (AvgIpc) is 2.47. The second kappa shape index (κ2) is 7.66. The molecule has 0 fully saturated rings. The van der Waals surface area contributed by atoms with Gasteiger partial charge in [0.25, 0.3) is 0 Å². The Balaban J connectivity index is 2.25. The van der Waals surface area contributed by atoms with Gasteiger partial charge in [-0.3, -0.25) is 4.98 Å². The Kier molecular flexibility index (Phi) is 5.88. The van der Waals surface area contributed by atoms with Crippen LogP contribution in [-0.4, -0.2) is 11.5 Å². The van der Waals surface area contributed by atoms with E-state index < -0.39 is 0 Å². The Morgan fingerprint density at radius 1 is 1.29 bits per heavy atom. The van der Waals surface area contributed by atoms with Crippen molar-refractivity contribution in [3.63, 3.8) is 0 Å². The number of benzene rings is 1. The van der Waals surface area contributed by atoms with Gasteiger partial charge in [-0.2, -0.15) is 0 Å². The number of hydrogen-bond donors (Lipinski definition) is 1. The molecular formula is C17H20BrFN2. The quantitative estimate of drug-likeness (QED) is 0.824. The molecule has 0 aliphatic carbocycles. The molecule has 0 saturated carbocycles. The molecular weight excluding hydrogens is 331 g/mol. The van der Waals surface area contributed by atoms with Crippen LogP contribution in [0, 0.1) is 12.7 Å². The highest BCUT2D eigenvalue weighted by atomic mass is 79.9. The van der Waals surface area contributed by atoms with Gasteiger partial charge in [0.1, 0.15) is 5.82 Å². The molecule has 1 aromatic carbocycles. The van der Waals surface area contributed by atoms with Crippen LogP contribution in [0.25, 0.3) is 0 Å². The standard InChI is InChI=1S/C17H20BrFN2/c1-3-9-20-17(16-6-4-5-12(2)21-16)11-13-10-14(19)7-8-15(13)18/h4-8,10,17,20H,3,9,11H2,1-2H3. The monoisotopic (exact) mass is 350 g/mol. The molecule has 0 aliphatic rings. The number of rotatable bonds is 6. The zero-order valence-electron chi connectivity index (χ0n) is 12.4. The maximum absolute atomic E-state index is 13.5. The number of hydrogen-bond acceptors (Lipinski definition) is 2. The van der Waals surface area contributed by atoms with Gasteiger partial charge in [-0.1, -0.05) is 28.9 Å². The number of aryl methyl sites for hydroxylation is 1. The number of halogens is 2. The molecule has 2 aromatic rings. The molecule has 4 heteroatoms. The van der Waals surface area contributed by atoms with Gasteiger partial charge >= 0.3 is 0 Å². The molecule has 1 N–H and O–H groups in total. The number of nitrogens with zero attached hydrogens (tertiary/aromatic N) is 1. The van der Waals surface area contributed by atoms with Crippen LogP contribution in [0.15, 0.2) is 40.9 Å². The molecule has 0 radical (unpaired) electrons. The average molecular weight is 351 g/mol. The van der Waals surface area contributed by atoms with E-state index in [-0.39, 0.29) is 11.9 Å². The van der Waals surface area contributed by atoms with Crippen molar-refractivity contribution in [2.45, 2.75) is 32.7 Å². The van der Waals surface area contributed by atoms with Crippen LogP contribution in [0.1, 0.15) is 36.3 Å². The minimum absolute atomic E-state index is 0.0861. The van der Waals surface area contributed by atoms with E-state index in [0.717, 1.165) is 34.4 Å². The molecule has 1 aromatic heterocycles. The lowest BCUT2D eigenvalue weighted by molar-refractivity contribution is 0.514. The van der Waals surface area contributed by atoms with Crippen LogP contribution in [0.2, 0.25) is 0 Å². The van der Waals surface area contributed by atoms with Crippen molar-refractivity contribution in [2.24, 2.45) is 0 Å². The SMILES string of the molecule is CCCNC(Cc1cc(F)ccc1Br)c1cccc(C)n1. The van der Waals surface area contributed by atoms with Crippen LogP contribution in [-0.2, 0) is 6.42 Å². The fourth-order valence-electron chi connectivity index (χ4n) is 2.28. The molecule has 1 unspecified atom stereocenters. The first kappa shape index (κ1) is 16.1. The van der Waals surface area contributed by atoms with Crippen molar-refractivity contribution in [1.82, 2.24) is 10.3 Å². The van der Waals surface area contributed by atoms with E-state index in [4.69, 9.17) is 0 Å². The highest BCUT2D eigenvalue weighted by Crippen LogP contribution is 2.24. The summed E-state index contributed by atoms with van der Waals surface area (Å²) >= 11 is 3.50. The van der Waals surface area contributed by atoms with Gasteiger partial charge in [0.2, 0.25) is 0 Å². The smallest absolute Gasteiger partial charge is 0.123 e. The minimum Gasteiger partial charge on any atom is -0.308 e. The van der Waals surface area contributed by atoms with E-state index in [1.165, 1.54) is 6.07 Å². The number of nitrogens with one attached hydrogen (secondary N) is 1.